The highest BCUT2D eigenvalue weighted by molar-refractivity contribution is 7.81. The van der Waals surface area contributed by atoms with E-state index in [1.165, 1.54) is 19.3 Å². The monoisotopic (exact) mass is 216 g/mol. The van der Waals surface area contributed by atoms with Crippen LogP contribution in [0.5, 0.6) is 0 Å². The first kappa shape index (κ1) is 13.6. The molecule has 0 fully saturated rings. The Morgan fingerprint density at radius 1 is 1.29 bits per heavy atom. The molecular formula is C11H20O2S. The molecule has 0 rings (SSSR count). The van der Waals surface area contributed by atoms with E-state index in [0.29, 0.717) is 6.42 Å². The van der Waals surface area contributed by atoms with Crippen LogP contribution in [-0.4, -0.2) is 16.3 Å². The Hall–Kier alpha value is -0.440. The van der Waals surface area contributed by atoms with Crippen LogP contribution in [-0.2, 0) is 4.79 Å². The highest BCUT2D eigenvalue weighted by Crippen LogP contribution is 2.11. The Labute approximate surface area is 91.8 Å². The summed E-state index contributed by atoms with van der Waals surface area (Å²) >= 11 is 3.97. The molecule has 0 heterocycles. The molecule has 0 saturated heterocycles. The van der Waals surface area contributed by atoms with Gasteiger partial charge < -0.3 is 5.11 Å². The van der Waals surface area contributed by atoms with Gasteiger partial charge in [0.15, 0.2) is 0 Å². The lowest BCUT2D eigenvalue weighted by Gasteiger charge is -2.04. The Bertz CT molecular complexity index is 169. The minimum absolute atomic E-state index is 0.483. The number of rotatable bonds is 9. The van der Waals surface area contributed by atoms with Crippen LogP contribution in [0.4, 0.5) is 0 Å². The second kappa shape index (κ2) is 9.13. The summed E-state index contributed by atoms with van der Waals surface area (Å²) in [7, 11) is 0. The van der Waals surface area contributed by atoms with Gasteiger partial charge in [0.1, 0.15) is 0 Å². The largest absolute Gasteiger partial charge is 0.480 e. The van der Waals surface area contributed by atoms with E-state index in [1.54, 1.807) is 0 Å². The van der Waals surface area contributed by atoms with E-state index < -0.39 is 11.2 Å². The maximum absolute atomic E-state index is 10.4. The molecule has 2 nitrogen and oxygen atoms in total. The van der Waals surface area contributed by atoms with E-state index in [1.807, 2.05) is 6.08 Å². The molecule has 0 saturated carbocycles. The highest BCUT2D eigenvalue weighted by atomic mass is 32.1. The van der Waals surface area contributed by atoms with Crippen molar-refractivity contribution in [3.63, 3.8) is 0 Å². The van der Waals surface area contributed by atoms with Crippen LogP contribution < -0.4 is 0 Å². The smallest absolute Gasteiger partial charge is 0.316 e. The number of carboxylic acid groups (broad SMARTS) is 1. The fourth-order valence-electron chi connectivity index (χ4n) is 1.28. The molecule has 0 amide bonds. The van der Waals surface area contributed by atoms with Crippen molar-refractivity contribution in [1.82, 2.24) is 0 Å². The molecule has 1 unspecified atom stereocenters. The van der Waals surface area contributed by atoms with E-state index in [9.17, 15) is 4.79 Å². The lowest BCUT2D eigenvalue weighted by atomic mass is 10.1. The minimum Gasteiger partial charge on any atom is -0.480 e. The van der Waals surface area contributed by atoms with Gasteiger partial charge in [-0.15, -0.1) is 6.58 Å². The van der Waals surface area contributed by atoms with Crippen LogP contribution in [0.3, 0.4) is 0 Å². The van der Waals surface area contributed by atoms with Gasteiger partial charge in [-0.1, -0.05) is 31.8 Å². The van der Waals surface area contributed by atoms with Crippen LogP contribution in [0.1, 0.15) is 44.9 Å². The molecule has 82 valence electrons. The molecular weight excluding hydrogens is 196 g/mol. The molecule has 0 aliphatic carbocycles. The predicted molar refractivity (Wildman–Crippen MR) is 62.9 cm³/mol. The quantitative estimate of drug-likeness (QED) is 0.352. The standard InChI is InChI=1S/C11H20O2S/c1-2-3-4-5-6-7-8-9-10(14)11(12)13/h2,10,14H,1,3-9H2,(H,12,13). The van der Waals surface area contributed by atoms with Crippen LogP contribution in [0.2, 0.25) is 0 Å². The van der Waals surface area contributed by atoms with Gasteiger partial charge in [-0.2, -0.15) is 12.6 Å². The second-order valence-corrected chi connectivity index (χ2v) is 4.11. The Morgan fingerprint density at radius 3 is 2.43 bits per heavy atom. The van der Waals surface area contributed by atoms with Crippen molar-refractivity contribution < 1.29 is 9.90 Å². The summed E-state index contributed by atoms with van der Waals surface area (Å²) in [6, 6.07) is 0. The molecule has 1 atom stereocenters. The van der Waals surface area contributed by atoms with Gasteiger partial charge >= 0.3 is 5.97 Å². The van der Waals surface area contributed by atoms with E-state index in [-0.39, 0.29) is 0 Å². The first-order valence-electron chi connectivity index (χ1n) is 5.20. The van der Waals surface area contributed by atoms with Crippen molar-refractivity contribution in [1.29, 1.82) is 0 Å². The molecule has 1 N–H and O–H groups in total. The highest BCUT2D eigenvalue weighted by Gasteiger charge is 2.10. The first-order chi connectivity index (χ1) is 6.68. The van der Waals surface area contributed by atoms with Crippen molar-refractivity contribution >= 4 is 18.6 Å². The zero-order valence-corrected chi connectivity index (χ0v) is 9.51. The Kier molecular flexibility index (Phi) is 8.84. The molecule has 0 aliphatic heterocycles. The molecule has 0 aliphatic rings. The zero-order chi connectivity index (χ0) is 10.8. The topological polar surface area (TPSA) is 37.3 Å². The summed E-state index contributed by atoms with van der Waals surface area (Å²) in [5, 5.41) is 8.08. The summed E-state index contributed by atoms with van der Waals surface area (Å²) in [6.45, 7) is 3.66. The van der Waals surface area contributed by atoms with Crippen LogP contribution >= 0.6 is 12.6 Å². The number of hydrogen-bond donors (Lipinski definition) is 2. The summed E-state index contributed by atoms with van der Waals surface area (Å²) in [4.78, 5) is 10.4. The molecule has 14 heavy (non-hydrogen) atoms. The van der Waals surface area contributed by atoms with Crippen molar-refractivity contribution in [3.8, 4) is 0 Å². The maximum Gasteiger partial charge on any atom is 0.316 e. The number of carbonyl (C=O) groups is 1. The number of thiol groups is 1. The number of aliphatic carboxylic acids is 1. The van der Waals surface area contributed by atoms with Crippen LogP contribution in [0.25, 0.3) is 0 Å². The summed E-state index contributed by atoms with van der Waals surface area (Å²) in [5.41, 5.74) is 0. The molecule has 0 aromatic rings. The van der Waals surface area contributed by atoms with Gasteiger partial charge in [-0.3, -0.25) is 4.79 Å². The van der Waals surface area contributed by atoms with Gasteiger partial charge in [-0.25, -0.2) is 0 Å². The normalized spacial score (nSPS) is 12.4. The molecule has 0 spiro atoms. The van der Waals surface area contributed by atoms with Gasteiger partial charge in [0.2, 0.25) is 0 Å². The minimum atomic E-state index is -0.806. The van der Waals surface area contributed by atoms with E-state index in [0.717, 1.165) is 19.3 Å². The number of carboxylic acids is 1. The Morgan fingerprint density at radius 2 is 1.86 bits per heavy atom. The lowest BCUT2D eigenvalue weighted by Crippen LogP contribution is -2.12. The summed E-state index contributed by atoms with van der Waals surface area (Å²) < 4.78 is 0. The average Bonchev–Trinajstić information content (AvgIpc) is 2.16. The number of allylic oxidation sites excluding steroid dienone is 1. The molecule has 0 bridgehead atoms. The first-order valence-corrected chi connectivity index (χ1v) is 5.72. The fourth-order valence-corrected chi connectivity index (χ4v) is 1.46. The van der Waals surface area contributed by atoms with Crippen molar-refractivity contribution in [2.75, 3.05) is 0 Å². The summed E-state index contributed by atoms with van der Waals surface area (Å²) in [5.74, 6) is -0.806. The third-order valence-electron chi connectivity index (χ3n) is 2.17. The Balaban J connectivity index is 3.13. The van der Waals surface area contributed by atoms with E-state index in [2.05, 4.69) is 19.2 Å². The van der Waals surface area contributed by atoms with Gasteiger partial charge in [0.05, 0.1) is 5.25 Å². The van der Waals surface area contributed by atoms with Crippen molar-refractivity contribution in [2.45, 2.75) is 50.2 Å². The average molecular weight is 216 g/mol. The van der Waals surface area contributed by atoms with E-state index in [4.69, 9.17) is 5.11 Å². The number of hydrogen-bond acceptors (Lipinski definition) is 2. The second-order valence-electron chi connectivity index (χ2n) is 3.49. The van der Waals surface area contributed by atoms with Crippen molar-refractivity contribution in [3.05, 3.63) is 12.7 Å². The molecule has 0 aromatic heterocycles. The molecule has 0 radical (unpaired) electrons. The number of unbranched alkanes of at least 4 members (excludes halogenated alkanes) is 5. The van der Waals surface area contributed by atoms with Crippen LogP contribution in [0.15, 0.2) is 12.7 Å². The summed E-state index contributed by atoms with van der Waals surface area (Å²) in [6.07, 6.45) is 9.39. The van der Waals surface area contributed by atoms with Crippen LogP contribution in [0, 0.1) is 0 Å². The third-order valence-corrected chi connectivity index (χ3v) is 2.65. The SMILES string of the molecule is C=CCCCCCCCC(S)C(=O)O. The fraction of sp³-hybridized carbons (Fsp3) is 0.727. The predicted octanol–water partition coefficient (Wildman–Crippen LogP) is 3.29. The van der Waals surface area contributed by atoms with E-state index >= 15 is 0 Å². The lowest BCUT2D eigenvalue weighted by molar-refractivity contribution is -0.136. The third kappa shape index (κ3) is 8.17. The molecule has 0 aromatic carbocycles. The van der Waals surface area contributed by atoms with Gasteiger partial charge in [0, 0.05) is 0 Å². The maximum atomic E-state index is 10.4. The van der Waals surface area contributed by atoms with Gasteiger partial charge in [0.25, 0.3) is 0 Å². The zero-order valence-electron chi connectivity index (χ0n) is 8.61. The molecule has 3 heteroatoms. The van der Waals surface area contributed by atoms with Crippen molar-refractivity contribution in [2.24, 2.45) is 0 Å². The van der Waals surface area contributed by atoms with Gasteiger partial charge in [-0.05, 0) is 19.3 Å².